The molecule has 1 aliphatic carbocycles. The van der Waals surface area contributed by atoms with Crippen molar-refractivity contribution in [3.05, 3.63) is 0 Å². The van der Waals surface area contributed by atoms with E-state index in [1.807, 2.05) is 18.7 Å². The predicted octanol–water partition coefficient (Wildman–Crippen LogP) is -0.0452. The molecule has 2 aliphatic heterocycles. The highest BCUT2D eigenvalue weighted by atomic mass is 16.5. The van der Waals surface area contributed by atoms with E-state index in [-0.39, 0.29) is 30.0 Å². The molecule has 3 aliphatic rings. The highest BCUT2D eigenvalue weighted by molar-refractivity contribution is 5.83. The molecule has 1 unspecified atom stereocenters. The summed E-state index contributed by atoms with van der Waals surface area (Å²) in [6, 6.07) is -0.0204. The quantitative estimate of drug-likeness (QED) is 0.742. The highest BCUT2D eigenvalue weighted by Gasteiger charge is 2.34. The Kier molecular flexibility index (Phi) is 6.30. The Morgan fingerprint density at radius 2 is 1.84 bits per heavy atom. The molecule has 0 radical (unpaired) electrons. The molecule has 2 N–H and O–H groups in total. The smallest absolute Gasteiger partial charge is 0.242 e. The topological polar surface area (TPSA) is 73.9 Å². The van der Waals surface area contributed by atoms with Gasteiger partial charge in [-0.25, -0.2) is 0 Å². The molecule has 7 nitrogen and oxygen atoms in total. The van der Waals surface area contributed by atoms with Crippen LogP contribution in [-0.2, 0) is 14.3 Å². The Morgan fingerprint density at radius 1 is 1.16 bits per heavy atom. The number of nitrogens with zero attached hydrogens (tertiary/aromatic N) is 2. The molecule has 0 aromatic heterocycles. The van der Waals surface area contributed by atoms with Gasteiger partial charge < -0.3 is 20.3 Å². The third-order valence-electron chi connectivity index (χ3n) is 5.84. The van der Waals surface area contributed by atoms with Crippen LogP contribution in [0, 0.1) is 0 Å². The Labute approximate surface area is 150 Å². The number of carbonyl (C=O) groups excluding carboxylic acids is 2. The van der Waals surface area contributed by atoms with E-state index in [1.54, 1.807) is 0 Å². The van der Waals surface area contributed by atoms with E-state index in [2.05, 4.69) is 15.5 Å². The van der Waals surface area contributed by atoms with Crippen LogP contribution in [0.1, 0.15) is 39.5 Å². The number of hydrogen-bond acceptors (Lipinski definition) is 5. The van der Waals surface area contributed by atoms with Crippen LogP contribution < -0.4 is 10.6 Å². The van der Waals surface area contributed by atoms with Gasteiger partial charge in [-0.3, -0.25) is 14.5 Å². The second-order valence-corrected chi connectivity index (χ2v) is 7.53. The van der Waals surface area contributed by atoms with Crippen LogP contribution in [0.5, 0.6) is 0 Å². The van der Waals surface area contributed by atoms with Crippen LogP contribution in [0.4, 0.5) is 0 Å². The molecular weight excluding hydrogens is 320 g/mol. The van der Waals surface area contributed by atoms with Crippen LogP contribution in [-0.4, -0.2) is 85.2 Å². The number of hydrogen-bond donors (Lipinski definition) is 2. The zero-order valence-corrected chi connectivity index (χ0v) is 15.5. The molecule has 142 valence electrons. The molecular formula is C18H32N4O3. The molecule has 2 saturated heterocycles. The third kappa shape index (κ3) is 4.51. The van der Waals surface area contributed by atoms with Crippen molar-refractivity contribution >= 4 is 11.8 Å². The number of nitrogens with one attached hydrogen (secondary N) is 2. The molecule has 1 saturated carbocycles. The maximum Gasteiger partial charge on any atom is 0.242 e. The minimum Gasteiger partial charge on any atom is -0.375 e. The first kappa shape index (κ1) is 18.6. The van der Waals surface area contributed by atoms with Gasteiger partial charge in [0.05, 0.1) is 18.8 Å². The van der Waals surface area contributed by atoms with Gasteiger partial charge in [-0.2, -0.15) is 0 Å². The first-order valence-electron chi connectivity index (χ1n) is 9.74. The molecule has 3 rings (SSSR count). The average molecular weight is 352 g/mol. The van der Waals surface area contributed by atoms with Crippen LogP contribution in [0.15, 0.2) is 0 Å². The first-order chi connectivity index (χ1) is 12.1. The van der Waals surface area contributed by atoms with E-state index in [0.29, 0.717) is 25.7 Å². The van der Waals surface area contributed by atoms with Crippen molar-refractivity contribution in [1.29, 1.82) is 0 Å². The van der Waals surface area contributed by atoms with Crippen molar-refractivity contribution in [1.82, 2.24) is 20.4 Å². The van der Waals surface area contributed by atoms with Crippen LogP contribution in [0.2, 0.25) is 0 Å². The van der Waals surface area contributed by atoms with E-state index in [9.17, 15) is 9.59 Å². The standard InChI is InChI=1S/C18H32N4O3/c1-13(17(23)20-15-5-3-4-6-15)21-8-10-22(11-9-21)18(24)16-14(2)25-12-7-19-16/h13-16,19H,3-12H2,1-2H3,(H,20,23)/t13?,14-,16+/m1/s1. The third-order valence-corrected chi connectivity index (χ3v) is 5.84. The molecule has 7 heteroatoms. The number of amides is 2. The summed E-state index contributed by atoms with van der Waals surface area (Å²) in [6.07, 6.45) is 4.56. The summed E-state index contributed by atoms with van der Waals surface area (Å²) in [5.41, 5.74) is 0. The predicted molar refractivity (Wildman–Crippen MR) is 95.2 cm³/mol. The van der Waals surface area contributed by atoms with Gasteiger partial charge in [0.15, 0.2) is 0 Å². The lowest BCUT2D eigenvalue weighted by molar-refractivity contribution is -0.142. The normalized spacial score (nSPS) is 30.2. The minimum absolute atomic E-state index is 0.0876. The van der Waals surface area contributed by atoms with Gasteiger partial charge in [-0.05, 0) is 26.7 Å². The zero-order chi connectivity index (χ0) is 17.8. The van der Waals surface area contributed by atoms with E-state index in [1.165, 1.54) is 12.8 Å². The van der Waals surface area contributed by atoms with Gasteiger partial charge in [-0.15, -0.1) is 0 Å². The SMILES string of the molecule is CC(C(=O)NC1CCCC1)N1CCN(C(=O)[C@H]2NCCO[C@@H]2C)CC1. The summed E-state index contributed by atoms with van der Waals surface area (Å²) in [7, 11) is 0. The molecule has 0 bridgehead atoms. The maximum absolute atomic E-state index is 12.7. The summed E-state index contributed by atoms with van der Waals surface area (Å²) >= 11 is 0. The summed E-state index contributed by atoms with van der Waals surface area (Å²) in [5, 5.41) is 6.44. The van der Waals surface area contributed by atoms with Gasteiger partial charge in [0.1, 0.15) is 6.04 Å². The molecule has 25 heavy (non-hydrogen) atoms. The van der Waals surface area contributed by atoms with Crippen LogP contribution in [0.3, 0.4) is 0 Å². The minimum atomic E-state index is -0.247. The number of ether oxygens (including phenoxy) is 1. The summed E-state index contributed by atoms with van der Waals surface area (Å²) < 4.78 is 5.58. The lowest BCUT2D eigenvalue weighted by Gasteiger charge is -2.40. The molecule has 3 fully saturated rings. The van der Waals surface area contributed by atoms with Gasteiger partial charge in [-0.1, -0.05) is 12.8 Å². The first-order valence-corrected chi connectivity index (χ1v) is 9.74. The number of rotatable bonds is 4. The van der Waals surface area contributed by atoms with E-state index in [4.69, 9.17) is 4.74 Å². The zero-order valence-electron chi connectivity index (χ0n) is 15.5. The molecule has 0 aromatic carbocycles. The van der Waals surface area contributed by atoms with E-state index >= 15 is 0 Å². The largest absolute Gasteiger partial charge is 0.375 e. The van der Waals surface area contributed by atoms with Crippen molar-refractivity contribution in [3.63, 3.8) is 0 Å². The summed E-state index contributed by atoms with van der Waals surface area (Å²) in [6.45, 7) is 8.13. The molecule has 0 spiro atoms. The number of morpholine rings is 1. The van der Waals surface area contributed by atoms with Gasteiger partial charge in [0, 0.05) is 38.8 Å². The lowest BCUT2D eigenvalue weighted by atomic mass is 10.1. The molecule has 2 heterocycles. The average Bonchev–Trinajstić information content (AvgIpc) is 3.14. The fraction of sp³-hybridized carbons (Fsp3) is 0.889. The fourth-order valence-electron chi connectivity index (χ4n) is 4.09. The number of carbonyl (C=O) groups is 2. The Bertz CT molecular complexity index is 473. The van der Waals surface area contributed by atoms with Crippen molar-refractivity contribution in [2.45, 2.75) is 63.8 Å². The second kappa shape index (κ2) is 8.47. The van der Waals surface area contributed by atoms with Crippen molar-refractivity contribution in [2.75, 3.05) is 39.3 Å². The van der Waals surface area contributed by atoms with Crippen molar-refractivity contribution < 1.29 is 14.3 Å². The summed E-state index contributed by atoms with van der Waals surface area (Å²) in [5.74, 6) is 0.248. The number of piperazine rings is 1. The maximum atomic E-state index is 12.7. The summed E-state index contributed by atoms with van der Waals surface area (Å²) in [4.78, 5) is 29.2. The fourth-order valence-corrected chi connectivity index (χ4v) is 4.09. The monoisotopic (exact) mass is 352 g/mol. The van der Waals surface area contributed by atoms with Crippen LogP contribution in [0.25, 0.3) is 0 Å². The Balaban J connectivity index is 1.45. The highest BCUT2D eigenvalue weighted by Crippen LogP contribution is 2.18. The van der Waals surface area contributed by atoms with Gasteiger partial charge in [0.25, 0.3) is 0 Å². The van der Waals surface area contributed by atoms with Crippen molar-refractivity contribution in [2.24, 2.45) is 0 Å². The van der Waals surface area contributed by atoms with Crippen molar-refractivity contribution in [3.8, 4) is 0 Å². The second-order valence-electron chi connectivity index (χ2n) is 7.53. The lowest BCUT2D eigenvalue weighted by Crippen LogP contribution is -2.61. The Hall–Kier alpha value is -1.18. The molecule has 3 atom stereocenters. The Morgan fingerprint density at radius 3 is 2.48 bits per heavy atom. The van der Waals surface area contributed by atoms with Gasteiger partial charge >= 0.3 is 0 Å². The molecule has 0 aromatic rings. The van der Waals surface area contributed by atoms with Crippen LogP contribution >= 0.6 is 0 Å². The van der Waals surface area contributed by atoms with E-state index in [0.717, 1.165) is 32.5 Å². The van der Waals surface area contributed by atoms with Gasteiger partial charge in [0.2, 0.25) is 11.8 Å². The van der Waals surface area contributed by atoms with E-state index < -0.39 is 0 Å². The molecule has 2 amide bonds.